The van der Waals surface area contributed by atoms with E-state index in [2.05, 4.69) is 6.07 Å². The summed E-state index contributed by atoms with van der Waals surface area (Å²) in [6, 6.07) is 7.47. The van der Waals surface area contributed by atoms with E-state index >= 15 is 0 Å². The van der Waals surface area contributed by atoms with Gasteiger partial charge in [-0.2, -0.15) is 5.26 Å². The molecule has 0 aromatic heterocycles. The lowest BCUT2D eigenvalue weighted by Crippen LogP contribution is -2.02. The number of aliphatic hydroxyl groups excluding tert-OH is 1. The molecule has 18 heavy (non-hydrogen) atoms. The second kappa shape index (κ2) is 8.37. The summed E-state index contributed by atoms with van der Waals surface area (Å²) in [5, 5.41) is 17.7. The fraction of sp³-hybridized carbons (Fsp3) is 0.500. The van der Waals surface area contributed by atoms with Crippen molar-refractivity contribution in [1.29, 1.82) is 5.26 Å². The summed E-state index contributed by atoms with van der Waals surface area (Å²) in [6.45, 7) is 3.10. The van der Waals surface area contributed by atoms with Crippen molar-refractivity contribution >= 4 is 0 Å². The molecule has 1 aromatic rings. The van der Waals surface area contributed by atoms with Gasteiger partial charge in [-0.25, -0.2) is 0 Å². The van der Waals surface area contributed by atoms with Crippen molar-refractivity contribution in [3.05, 3.63) is 23.8 Å². The summed E-state index contributed by atoms with van der Waals surface area (Å²) in [6.07, 6.45) is 2.10. The quantitative estimate of drug-likeness (QED) is 0.719. The van der Waals surface area contributed by atoms with E-state index in [4.69, 9.17) is 14.7 Å². The molecule has 98 valence electrons. The van der Waals surface area contributed by atoms with Crippen LogP contribution >= 0.6 is 0 Å². The van der Waals surface area contributed by atoms with Gasteiger partial charge in [-0.3, -0.25) is 0 Å². The molecule has 0 radical (unpaired) electrons. The van der Waals surface area contributed by atoms with Gasteiger partial charge in [-0.1, -0.05) is 6.92 Å². The minimum Gasteiger partial charge on any atom is -0.493 e. The van der Waals surface area contributed by atoms with Crippen LogP contribution < -0.4 is 9.47 Å². The van der Waals surface area contributed by atoms with E-state index in [-0.39, 0.29) is 6.61 Å². The molecule has 0 aliphatic heterocycles. The molecule has 0 fully saturated rings. The van der Waals surface area contributed by atoms with E-state index < -0.39 is 0 Å². The molecule has 0 aliphatic rings. The van der Waals surface area contributed by atoms with Gasteiger partial charge < -0.3 is 14.6 Å². The Labute approximate surface area is 108 Å². The van der Waals surface area contributed by atoms with Crippen LogP contribution in [0.25, 0.3) is 0 Å². The zero-order valence-corrected chi connectivity index (χ0v) is 10.7. The summed E-state index contributed by atoms with van der Waals surface area (Å²) in [5.74, 6) is 1.37. The smallest absolute Gasteiger partial charge is 0.128 e. The van der Waals surface area contributed by atoms with Crippen molar-refractivity contribution in [2.75, 3.05) is 13.2 Å². The molecule has 1 aromatic carbocycles. The van der Waals surface area contributed by atoms with Gasteiger partial charge in [0, 0.05) is 18.1 Å². The third-order valence-corrected chi connectivity index (χ3v) is 2.37. The first-order chi connectivity index (χ1) is 8.81. The summed E-state index contributed by atoms with van der Waals surface area (Å²) >= 11 is 0. The molecule has 0 saturated carbocycles. The van der Waals surface area contributed by atoms with Crippen LogP contribution in [0.5, 0.6) is 11.5 Å². The van der Waals surface area contributed by atoms with Gasteiger partial charge in [0.1, 0.15) is 11.5 Å². The number of nitriles is 1. The van der Waals surface area contributed by atoms with Crippen LogP contribution in [0, 0.1) is 11.3 Å². The highest BCUT2D eigenvalue weighted by Crippen LogP contribution is 2.25. The highest BCUT2D eigenvalue weighted by Gasteiger charge is 2.05. The molecule has 4 nitrogen and oxygen atoms in total. The monoisotopic (exact) mass is 249 g/mol. The third-order valence-electron chi connectivity index (χ3n) is 2.37. The van der Waals surface area contributed by atoms with Crippen molar-refractivity contribution in [2.45, 2.75) is 32.8 Å². The molecule has 1 rings (SSSR count). The average molecular weight is 249 g/mol. The largest absolute Gasteiger partial charge is 0.493 e. The number of nitrogens with zero attached hydrogens (tertiary/aromatic N) is 1. The van der Waals surface area contributed by atoms with Crippen LogP contribution in [0.4, 0.5) is 0 Å². The molecule has 4 heteroatoms. The van der Waals surface area contributed by atoms with E-state index in [9.17, 15) is 5.11 Å². The van der Waals surface area contributed by atoms with Gasteiger partial charge in [-0.15, -0.1) is 0 Å². The van der Waals surface area contributed by atoms with Gasteiger partial charge in [0.05, 0.1) is 25.9 Å². The molecular formula is C14H19NO3. The number of hydrogen-bond donors (Lipinski definition) is 1. The Kier molecular flexibility index (Phi) is 6.67. The van der Waals surface area contributed by atoms with Gasteiger partial charge >= 0.3 is 0 Å². The SMILES string of the molecule is CCCOc1ccc(CO)c(OCCCC#N)c1. The summed E-state index contributed by atoms with van der Waals surface area (Å²) in [7, 11) is 0. The Balaban J connectivity index is 2.63. The molecule has 0 aliphatic carbocycles. The first-order valence-corrected chi connectivity index (χ1v) is 6.18. The Morgan fingerprint density at radius 2 is 2.11 bits per heavy atom. The topological polar surface area (TPSA) is 62.5 Å². The van der Waals surface area contributed by atoms with E-state index in [1.807, 2.05) is 13.0 Å². The highest BCUT2D eigenvalue weighted by molar-refractivity contribution is 5.40. The number of hydrogen-bond acceptors (Lipinski definition) is 4. The molecular weight excluding hydrogens is 230 g/mol. The zero-order valence-electron chi connectivity index (χ0n) is 10.7. The van der Waals surface area contributed by atoms with Gasteiger partial charge in [0.15, 0.2) is 0 Å². The third kappa shape index (κ3) is 4.64. The second-order valence-corrected chi connectivity index (χ2v) is 3.89. The minimum absolute atomic E-state index is 0.0678. The standard InChI is InChI=1S/C14H19NO3/c1-2-8-17-13-6-5-12(11-16)14(10-13)18-9-4-3-7-15/h5-6,10,16H,2-4,8-9,11H2,1H3. The molecule has 0 bridgehead atoms. The van der Waals surface area contributed by atoms with Crippen LogP contribution in [0.15, 0.2) is 18.2 Å². The van der Waals surface area contributed by atoms with E-state index in [1.54, 1.807) is 12.1 Å². The average Bonchev–Trinajstić information content (AvgIpc) is 2.41. The minimum atomic E-state index is -0.0678. The van der Waals surface area contributed by atoms with Gasteiger partial charge in [0.2, 0.25) is 0 Å². The molecule has 1 N–H and O–H groups in total. The molecule has 0 spiro atoms. The number of ether oxygens (including phenoxy) is 2. The van der Waals surface area contributed by atoms with Gasteiger partial charge in [0.25, 0.3) is 0 Å². The number of aliphatic hydroxyl groups is 1. The summed E-state index contributed by atoms with van der Waals surface area (Å²) < 4.78 is 11.1. The highest BCUT2D eigenvalue weighted by atomic mass is 16.5. The van der Waals surface area contributed by atoms with Crippen molar-refractivity contribution in [1.82, 2.24) is 0 Å². The van der Waals surface area contributed by atoms with E-state index in [0.717, 1.165) is 17.7 Å². The lowest BCUT2D eigenvalue weighted by atomic mass is 10.2. The van der Waals surface area contributed by atoms with Crippen molar-refractivity contribution in [3.63, 3.8) is 0 Å². The first kappa shape index (κ1) is 14.3. The van der Waals surface area contributed by atoms with Crippen LogP contribution in [0.2, 0.25) is 0 Å². The number of benzene rings is 1. The summed E-state index contributed by atoms with van der Waals surface area (Å²) in [4.78, 5) is 0. The Hall–Kier alpha value is -1.73. The lowest BCUT2D eigenvalue weighted by Gasteiger charge is -2.12. The van der Waals surface area contributed by atoms with Crippen LogP contribution in [0.1, 0.15) is 31.7 Å². The Morgan fingerprint density at radius 3 is 2.78 bits per heavy atom. The molecule has 0 heterocycles. The van der Waals surface area contributed by atoms with Crippen LogP contribution in [0.3, 0.4) is 0 Å². The molecule has 0 amide bonds. The predicted molar refractivity (Wildman–Crippen MR) is 68.5 cm³/mol. The Bertz CT molecular complexity index is 399. The second-order valence-electron chi connectivity index (χ2n) is 3.89. The number of unbranched alkanes of at least 4 members (excludes halogenated alkanes) is 1. The fourth-order valence-corrected chi connectivity index (χ4v) is 1.44. The fourth-order valence-electron chi connectivity index (χ4n) is 1.44. The van der Waals surface area contributed by atoms with Crippen molar-refractivity contribution < 1.29 is 14.6 Å². The molecule has 0 atom stereocenters. The van der Waals surface area contributed by atoms with Crippen LogP contribution in [-0.4, -0.2) is 18.3 Å². The van der Waals surface area contributed by atoms with E-state index in [0.29, 0.717) is 31.8 Å². The maximum Gasteiger partial charge on any atom is 0.128 e. The maximum atomic E-state index is 9.21. The summed E-state index contributed by atoms with van der Waals surface area (Å²) in [5.41, 5.74) is 0.732. The lowest BCUT2D eigenvalue weighted by molar-refractivity contribution is 0.259. The normalized spacial score (nSPS) is 9.83. The first-order valence-electron chi connectivity index (χ1n) is 6.18. The Morgan fingerprint density at radius 1 is 1.28 bits per heavy atom. The predicted octanol–water partition coefficient (Wildman–Crippen LogP) is 2.65. The molecule has 0 unspecified atom stereocenters. The van der Waals surface area contributed by atoms with Gasteiger partial charge in [-0.05, 0) is 25.0 Å². The van der Waals surface area contributed by atoms with Crippen molar-refractivity contribution in [3.8, 4) is 17.6 Å². The van der Waals surface area contributed by atoms with E-state index in [1.165, 1.54) is 0 Å². The molecule has 0 saturated heterocycles. The van der Waals surface area contributed by atoms with Crippen molar-refractivity contribution in [2.24, 2.45) is 0 Å². The maximum absolute atomic E-state index is 9.21. The van der Waals surface area contributed by atoms with Crippen LogP contribution in [-0.2, 0) is 6.61 Å². The number of rotatable bonds is 8. The zero-order chi connectivity index (χ0) is 13.2.